The van der Waals surface area contributed by atoms with E-state index >= 15 is 0 Å². The van der Waals surface area contributed by atoms with Gasteiger partial charge in [0.15, 0.2) is 0 Å². The van der Waals surface area contributed by atoms with Crippen LogP contribution in [0.1, 0.15) is 26.7 Å². The molecule has 0 amide bonds. The average Bonchev–Trinajstić information content (AvgIpc) is 2.29. The fourth-order valence-electron chi connectivity index (χ4n) is 1.84. The van der Waals surface area contributed by atoms with Gasteiger partial charge in [-0.05, 0) is 12.8 Å². The van der Waals surface area contributed by atoms with Gasteiger partial charge in [0.25, 0.3) is 0 Å². The van der Waals surface area contributed by atoms with Crippen LogP contribution in [0.4, 0.5) is 0 Å². The second-order valence-electron chi connectivity index (χ2n) is 4.09. The number of aliphatic carboxylic acids is 2. The number of hydrogen-bond donors (Lipinski definition) is 2. The third-order valence-electron chi connectivity index (χ3n) is 2.84. The lowest BCUT2D eigenvalue weighted by Crippen LogP contribution is -2.41. The Kier molecular flexibility index (Phi) is 7.74. The lowest BCUT2D eigenvalue weighted by molar-refractivity contribution is -0.170. The molecule has 0 fully saturated rings. The minimum absolute atomic E-state index is 0.171. The van der Waals surface area contributed by atoms with E-state index in [1.54, 1.807) is 13.8 Å². The molecule has 0 aromatic carbocycles. The molecule has 7 nitrogen and oxygen atoms in total. The topological polar surface area (TPSA) is 110 Å². The summed E-state index contributed by atoms with van der Waals surface area (Å²) < 4.78 is 9.58. The van der Waals surface area contributed by atoms with Gasteiger partial charge in [0.2, 0.25) is 0 Å². The second kappa shape index (κ2) is 8.47. The number of ether oxygens (including phenoxy) is 2. The van der Waals surface area contributed by atoms with Gasteiger partial charge in [-0.25, -0.2) is 4.79 Å². The fourth-order valence-corrected chi connectivity index (χ4v) is 1.84. The van der Waals surface area contributed by atoms with Gasteiger partial charge in [0, 0.05) is 7.11 Å². The van der Waals surface area contributed by atoms with E-state index in [0.29, 0.717) is 0 Å². The van der Waals surface area contributed by atoms with Crippen LogP contribution in [0.5, 0.6) is 0 Å². The number of rotatable bonds is 9. The largest absolute Gasteiger partial charge is 0.481 e. The Hall–Kier alpha value is -1.63. The van der Waals surface area contributed by atoms with Gasteiger partial charge in [0.05, 0.1) is 11.8 Å². The number of carboxylic acids is 2. The third kappa shape index (κ3) is 5.25. The maximum absolute atomic E-state index is 11.4. The molecule has 2 atom stereocenters. The predicted molar refractivity (Wildman–Crippen MR) is 64.6 cm³/mol. The molecule has 0 aliphatic rings. The molecular weight excluding hydrogens is 256 g/mol. The minimum Gasteiger partial charge on any atom is -0.481 e. The number of carbonyl (C=O) groups excluding carboxylic acids is 1. The van der Waals surface area contributed by atoms with E-state index in [9.17, 15) is 14.4 Å². The summed E-state index contributed by atoms with van der Waals surface area (Å²) in [6.45, 7) is 2.86. The van der Waals surface area contributed by atoms with Crippen molar-refractivity contribution in [3.05, 3.63) is 0 Å². The van der Waals surface area contributed by atoms with Crippen molar-refractivity contribution in [3.8, 4) is 0 Å². The predicted octanol–water partition coefficient (Wildman–Crippen LogP) is 0.766. The first kappa shape index (κ1) is 17.4. The Labute approximate surface area is 111 Å². The van der Waals surface area contributed by atoms with Crippen molar-refractivity contribution in [1.82, 2.24) is 0 Å². The number of methoxy groups -OCH3 is 1. The van der Waals surface area contributed by atoms with Crippen molar-refractivity contribution in [1.29, 1.82) is 0 Å². The maximum Gasteiger partial charge on any atom is 0.332 e. The molecule has 110 valence electrons. The van der Waals surface area contributed by atoms with Crippen molar-refractivity contribution < 1.29 is 34.1 Å². The molecule has 0 radical (unpaired) electrons. The molecule has 2 unspecified atom stereocenters. The van der Waals surface area contributed by atoms with E-state index in [1.165, 1.54) is 7.11 Å². The molecule has 0 heterocycles. The van der Waals surface area contributed by atoms with E-state index in [4.69, 9.17) is 14.9 Å². The fraction of sp³-hybridized carbons (Fsp3) is 0.750. The average molecular weight is 276 g/mol. The highest BCUT2D eigenvalue weighted by Crippen LogP contribution is 2.24. The first-order valence-electron chi connectivity index (χ1n) is 6.02. The van der Waals surface area contributed by atoms with Crippen LogP contribution < -0.4 is 0 Å². The standard InChI is InChI=1S/C12H20O7/c1-4-7(11(14)15)10(8(5-2)12(16)17)19-9(13)6-18-3/h7-8,10H,4-6H2,1-3H3,(H,14,15)(H,16,17). The van der Waals surface area contributed by atoms with Crippen LogP contribution in [-0.2, 0) is 23.9 Å². The highest BCUT2D eigenvalue weighted by molar-refractivity contribution is 5.77. The first-order chi connectivity index (χ1) is 8.88. The van der Waals surface area contributed by atoms with Crippen LogP contribution >= 0.6 is 0 Å². The monoisotopic (exact) mass is 276 g/mol. The third-order valence-corrected chi connectivity index (χ3v) is 2.84. The van der Waals surface area contributed by atoms with E-state index in [2.05, 4.69) is 4.74 Å². The number of hydrogen-bond acceptors (Lipinski definition) is 5. The quantitative estimate of drug-likeness (QED) is 0.598. The van der Waals surface area contributed by atoms with Crippen molar-refractivity contribution in [2.75, 3.05) is 13.7 Å². The van der Waals surface area contributed by atoms with Crippen molar-refractivity contribution in [2.45, 2.75) is 32.8 Å². The summed E-state index contributed by atoms with van der Waals surface area (Å²) in [5, 5.41) is 18.2. The van der Waals surface area contributed by atoms with Gasteiger partial charge >= 0.3 is 17.9 Å². The molecule has 0 rings (SSSR count). The molecule has 2 N–H and O–H groups in total. The molecule has 0 bridgehead atoms. The highest BCUT2D eigenvalue weighted by atomic mass is 16.6. The lowest BCUT2D eigenvalue weighted by Gasteiger charge is -2.27. The van der Waals surface area contributed by atoms with Gasteiger partial charge in [-0.3, -0.25) is 9.59 Å². The van der Waals surface area contributed by atoms with Crippen LogP contribution in [0, 0.1) is 11.8 Å². The molecule has 0 aliphatic carbocycles. The van der Waals surface area contributed by atoms with Gasteiger partial charge in [-0.2, -0.15) is 0 Å². The summed E-state index contributed by atoms with van der Waals surface area (Å²) in [6, 6.07) is 0. The molecule has 0 spiro atoms. The van der Waals surface area contributed by atoms with Crippen molar-refractivity contribution in [2.24, 2.45) is 11.8 Å². The maximum atomic E-state index is 11.4. The summed E-state index contributed by atoms with van der Waals surface area (Å²) in [5.74, 6) is -5.24. The Morgan fingerprint density at radius 2 is 1.42 bits per heavy atom. The van der Waals surface area contributed by atoms with E-state index in [0.717, 1.165) is 0 Å². The molecule has 0 aromatic heterocycles. The molecule has 0 saturated heterocycles. The molecular formula is C12H20O7. The van der Waals surface area contributed by atoms with E-state index < -0.39 is 35.8 Å². The molecule has 0 aromatic rings. The normalized spacial score (nSPS) is 15.3. The summed E-state index contributed by atoms with van der Waals surface area (Å²) in [6.07, 6.45) is -0.860. The van der Waals surface area contributed by atoms with Gasteiger partial charge < -0.3 is 19.7 Å². The Morgan fingerprint density at radius 3 is 1.68 bits per heavy atom. The van der Waals surface area contributed by atoms with E-state index in [1.807, 2.05) is 0 Å². The summed E-state index contributed by atoms with van der Waals surface area (Å²) in [5.41, 5.74) is 0. The Balaban J connectivity index is 5.15. The van der Waals surface area contributed by atoms with Crippen molar-refractivity contribution in [3.63, 3.8) is 0 Å². The molecule has 0 saturated carbocycles. The van der Waals surface area contributed by atoms with Gasteiger partial charge in [-0.15, -0.1) is 0 Å². The SMILES string of the molecule is CCC(C(=O)O)C(OC(=O)COC)C(CC)C(=O)O. The zero-order chi connectivity index (χ0) is 15.0. The van der Waals surface area contributed by atoms with Crippen LogP contribution in [0.3, 0.4) is 0 Å². The van der Waals surface area contributed by atoms with Crippen LogP contribution in [0.15, 0.2) is 0 Å². The zero-order valence-corrected chi connectivity index (χ0v) is 11.3. The molecule has 7 heteroatoms. The number of carboxylic acid groups (broad SMARTS) is 2. The minimum atomic E-state index is -1.20. The lowest BCUT2D eigenvalue weighted by atomic mass is 9.87. The van der Waals surface area contributed by atoms with Crippen LogP contribution in [0.25, 0.3) is 0 Å². The molecule has 19 heavy (non-hydrogen) atoms. The molecule has 0 aliphatic heterocycles. The van der Waals surface area contributed by atoms with Gasteiger partial charge in [-0.1, -0.05) is 13.8 Å². The summed E-state index contributed by atoms with van der Waals surface area (Å²) in [7, 11) is 1.29. The second-order valence-corrected chi connectivity index (χ2v) is 4.09. The Morgan fingerprint density at radius 1 is 1.00 bits per heavy atom. The smallest absolute Gasteiger partial charge is 0.332 e. The summed E-state index contributed by atoms with van der Waals surface area (Å²) >= 11 is 0. The van der Waals surface area contributed by atoms with E-state index in [-0.39, 0.29) is 19.4 Å². The number of carbonyl (C=O) groups is 3. The van der Waals surface area contributed by atoms with Gasteiger partial charge in [0.1, 0.15) is 12.7 Å². The first-order valence-corrected chi connectivity index (χ1v) is 6.02. The summed E-state index contributed by atoms with van der Waals surface area (Å²) in [4.78, 5) is 33.7. The van der Waals surface area contributed by atoms with Crippen molar-refractivity contribution >= 4 is 17.9 Å². The van der Waals surface area contributed by atoms with Crippen LogP contribution in [0.2, 0.25) is 0 Å². The number of esters is 1. The van der Waals surface area contributed by atoms with Crippen LogP contribution in [-0.4, -0.2) is 47.9 Å². The zero-order valence-electron chi connectivity index (χ0n) is 11.3. The highest BCUT2D eigenvalue weighted by Gasteiger charge is 2.39. The Bertz CT molecular complexity index is 304.